The summed E-state index contributed by atoms with van der Waals surface area (Å²) in [7, 11) is 6.46. The van der Waals surface area contributed by atoms with E-state index in [1.54, 1.807) is 14.2 Å². The Labute approximate surface area is 150 Å². The zero-order valence-electron chi connectivity index (χ0n) is 15.1. The smallest absolute Gasteiger partial charge is 0.435 e. The first-order valence-electron chi connectivity index (χ1n) is 7.89. The molecule has 0 spiro atoms. The van der Waals surface area contributed by atoms with Gasteiger partial charge in [-0.2, -0.15) is 18.3 Å². The minimum Gasteiger partial charge on any atom is -0.497 e. The predicted octanol–water partition coefficient (Wildman–Crippen LogP) is 2.65. The molecule has 0 saturated carbocycles. The molecule has 0 amide bonds. The van der Waals surface area contributed by atoms with Gasteiger partial charge >= 0.3 is 6.18 Å². The molecule has 0 unspecified atom stereocenters. The van der Waals surface area contributed by atoms with Gasteiger partial charge in [0.25, 0.3) is 0 Å². The monoisotopic (exact) mass is 369 g/mol. The third kappa shape index (κ3) is 4.90. The second kappa shape index (κ2) is 8.11. The molecular formula is C17H22F3N5O. The molecule has 6 nitrogen and oxygen atoms in total. The minimum atomic E-state index is -4.49. The number of hydrogen-bond acceptors (Lipinski definition) is 3. The van der Waals surface area contributed by atoms with Gasteiger partial charge in [-0.3, -0.25) is 9.67 Å². The summed E-state index contributed by atoms with van der Waals surface area (Å²) >= 11 is 0. The zero-order valence-corrected chi connectivity index (χ0v) is 15.1. The Balaban J connectivity index is 2.03. The highest BCUT2D eigenvalue weighted by Crippen LogP contribution is 2.30. The van der Waals surface area contributed by atoms with Crippen molar-refractivity contribution in [1.29, 1.82) is 0 Å². The highest BCUT2D eigenvalue weighted by atomic mass is 19.4. The number of rotatable bonds is 5. The highest BCUT2D eigenvalue weighted by Gasteiger charge is 2.36. The summed E-state index contributed by atoms with van der Waals surface area (Å²) < 4.78 is 45.3. The molecular weight excluding hydrogens is 347 g/mol. The lowest BCUT2D eigenvalue weighted by molar-refractivity contribution is -0.142. The summed E-state index contributed by atoms with van der Waals surface area (Å²) in [5.41, 5.74) is 0.202. The maximum absolute atomic E-state index is 13.0. The topological polar surface area (TPSA) is 54.7 Å². The van der Waals surface area contributed by atoms with Crippen LogP contribution in [-0.2, 0) is 26.3 Å². The Hall–Kier alpha value is -2.71. The van der Waals surface area contributed by atoms with Gasteiger partial charge in [0.15, 0.2) is 11.7 Å². The standard InChI is InChI=1S/C17H22F3N5O/c1-21-16(24(2)10-12-5-7-14(26-4)8-6-12)22-9-13-11-25(3)23-15(13)17(18,19)20/h5-8,11H,9-10H2,1-4H3,(H,21,22). The van der Waals surface area contributed by atoms with Crippen LogP contribution in [0.15, 0.2) is 35.5 Å². The molecule has 1 N–H and O–H groups in total. The highest BCUT2D eigenvalue weighted by molar-refractivity contribution is 5.79. The average Bonchev–Trinajstić information content (AvgIpc) is 2.97. The van der Waals surface area contributed by atoms with Crippen molar-refractivity contribution in [2.45, 2.75) is 19.3 Å². The van der Waals surface area contributed by atoms with E-state index in [9.17, 15) is 13.2 Å². The second-order valence-corrected chi connectivity index (χ2v) is 5.78. The summed E-state index contributed by atoms with van der Waals surface area (Å²) in [6.45, 7) is 0.519. The summed E-state index contributed by atoms with van der Waals surface area (Å²) in [6, 6.07) is 7.55. The number of nitrogens with one attached hydrogen (secondary N) is 1. The fourth-order valence-corrected chi connectivity index (χ4v) is 2.54. The van der Waals surface area contributed by atoms with Crippen LogP contribution in [0.5, 0.6) is 5.75 Å². The van der Waals surface area contributed by atoms with Crippen molar-refractivity contribution in [2.24, 2.45) is 12.0 Å². The van der Waals surface area contributed by atoms with Crippen LogP contribution >= 0.6 is 0 Å². The Morgan fingerprint density at radius 1 is 1.31 bits per heavy atom. The molecule has 2 aromatic rings. The SMILES string of the molecule is CN=C(NCc1cn(C)nc1C(F)(F)F)N(C)Cc1ccc(OC)cc1. The van der Waals surface area contributed by atoms with Gasteiger partial charge in [0.1, 0.15) is 5.75 Å². The van der Waals surface area contributed by atoms with Crippen LogP contribution in [0.25, 0.3) is 0 Å². The van der Waals surface area contributed by atoms with E-state index in [2.05, 4.69) is 15.4 Å². The van der Waals surface area contributed by atoms with Crippen molar-refractivity contribution in [3.05, 3.63) is 47.3 Å². The third-order valence-electron chi connectivity index (χ3n) is 3.76. The van der Waals surface area contributed by atoms with E-state index in [-0.39, 0.29) is 12.1 Å². The lowest BCUT2D eigenvalue weighted by Gasteiger charge is -2.22. The number of alkyl halides is 3. The van der Waals surface area contributed by atoms with Crippen molar-refractivity contribution in [1.82, 2.24) is 20.0 Å². The minimum absolute atomic E-state index is 0.0255. The van der Waals surface area contributed by atoms with Crippen molar-refractivity contribution in [3.8, 4) is 5.75 Å². The molecule has 26 heavy (non-hydrogen) atoms. The Morgan fingerprint density at radius 3 is 2.50 bits per heavy atom. The number of guanidine groups is 1. The van der Waals surface area contributed by atoms with Crippen molar-refractivity contribution in [2.75, 3.05) is 21.2 Å². The first kappa shape index (κ1) is 19.6. The molecule has 142 valence electrons. The number of aromatic nitrogens is 2. The van der Waals surface area contributed by atoms with Crippen molar-refractivity contribution < 1.29 is 17.9 Å². The van der Waals surface area contributed by atoms with Gasteiger partial charge in [-0.05, 0) is 17.7 Å². The Morgan fingerprint density at radius 2 is 1.96 bits per heavy atom. The summed E-state index contributed by atoms with van der Waals surface area (Å²) in [6.07, 6.45) is -3.14. The van der Waals surface area contributed by atoms with Crippen LogP contribution in [0.4, 0.5) is 13.2 Å². The van der Waals surface area contributed by atoms with E-state index in [0.29, 0.717) is 12.5 Å². The molecule has 0 bridgehead atoms. The predicted molar refractivity (Wildman–Crippen MR) is 92.9 cm³/mol. The molecule has 0 radical (unpaired) electrons. The number of ether oxygens (including phenoxy) is 1. The third-order valence-corrected chi connectivity index (χ3v) is 3.76. The fraction of sp³-hybridized carbons (Fsp3) is 0.412. The Bertz CT molecular complexity index is 753. The number of nitrogens with zero attached hydrogens (tertiary/aromatic N) is 4. The van der Waals surface area contributed by atoms with E-state index >= 15 is 0 Å². The van der Waals surface area contributed by atoms with Crippen molar-refractivity contribution >= 4 is 5.96 Å². The lowest BCUT2D eigenvalue weighted by atomic mass is 10.2. The largest absolute Gasteiger partial charge is 0.497 e. The number of aryl methyl sites for hydroxylation is 1. The van der Waals surface area contributed by atoms with Crippen LogP contribution in [-0.4, -0.2) is 41.8 Å². The molecule has 0 aliphatic carbocycles. The van der Waals surface area contributed by atoms with Gasteiger partial charge in [0.2, 0.25) is 0 Å². The first-order valence-corrected chi connectivity index (χ1v) is 7.89. The van der Waals surface area contributed by atoms with E-state index in [0.717, 1.165) is 16.0 Å². The first-order chi connectivity index (χ1) is 12.2. The van der Waals surface area contributed by atoms with E-state index in [1.807, 2.05) is 36.2 Å². The van der Waals surface area contributed by atoms with Gasteiger partial charge in [-0.15, -0.1) is 0 Å². The molecule has 1 heterocycles. The lowest BCUT2D eigenvalue weighted by Crippen LogP contribution is -2.38. The normalized spacial score (nSPS) is 12.2. The summed E-state index contributed by atoms with van der Waals surface area (Å²) in [4.78, 5) is 5.95. The van der Waals surface area contributed by atoms with Gasteiger partial charge in [-0.1, -0.05) is 12.1 Å². The van der Waals surface area contributed by atoms with Gasteiger partial charge in [-0.25, -0.2) is 0 Å². The van der Waals surface area contributed by atoms with Crippen LogP contribution in [0.3, 0.4) is 0 Å². The van der Waals surface area contributed by atoms with Gasteiger partial charge < -0.3 is 15.0 Å². The molecule has 0 atom stereocenters. The van der Waals surface area contributed by atoms with Crippen molar-refractivity contribution in [3.63, 3.8) is 0 Å². The van der Waals surface area contributed by atoms with Gasteiger partial charge in [0, 0.05) is 46.0 Å². The molecule has 1 aromatic heterocycles. The molecule has 0 fully saturated rings. The molecule has 0 aliphatic rings. The van der Waals surface area contributed by atoms with Crippen LogP contribution in [0.1, 0.15) is 16.8 Å². The molecule has 1 aromatic carbocycles. The van der Waals surface area contributed by atoms with Crippen LogP contribution in [0.2, 0.25) is 0 Å². The number of benzene rings is 1. The van der Waals surface area contributed by atoms with E-state index in [1.165, 1.54) is 13.2 Å². The zero-order chi connectivity index (χ0) is 19.3. The summed E-state index contributed by atoms with van der Waals surface area (Å²) in [5.74, 6) is 1.24. The van der Waals surface area contributed by atoms with Crippen LogP contribution < -0.4 is 10.1 Å². The maximum atomic E-state index is 13.0. The fourth-order valence-electron chi connectivity index (χ4n) is 2.54. The maximum Gasteiger partial charge on any atom is 0.435 e. The second-order valence-electron chi connectivity index (χ2n) is 5.78. The number of halogens is 3. The Kier molecular flexibility index (Phi) is 6.12. The molecule has 0 aliphatic heterocycles. The van der Waals surface area contributed by atoms with E-state index < -0.39 is 11.9 Å². The van der Waals surface area contributed by atoms with Crippen LogP contribution in [0, 0.1) is 0 Å². The molecule has 9 heteroatoms. The summed E-state index contributed by atoms with van der Waals surface area (Å²) in [5, 5.41) is 6.45. The van der Waals surface area contributed by atoms with E-state index in [4.69, 9.17) is 4.74 Å². The number of methoxy groups -OCH3 is 1. The number of hydrogen-bond donors (Lipinski definition) is 1. The quantitative estimate of drug-likeness (QED) is 0.650. The molecule has 2 rings (SSSR count). The molecule has 0 saturated heterocycles. The van der Waals surface area contributed by atoms with Gasteiger partial charge in [0.05, 0.1) is 7.11 Å². The number of aliphatic imine (C=N–C) groups is 1. The average molecular weight is 369 g/mol.